The molecule has 1 aromatic rings. The average Bonchev–Trinajstić information content (AvgIpc) is 2.52. The van der Waals surface area contributed by atoms with Gasteiger partial charge in [0.15, 0.2) is 0 Å². The first-order chi connectivity index (χ1) is 10.1. The van der Waals surface area contributed by atoms with Crippen molar-refractivity contribution in [2.45, 2.75) is 25.4 Å². The third kappa shape index (κ3) is 3.91. The van der Waals surface area contributed by atoms with Crippen molar-refractivity contribution in [1.29, 1.82) is 0 Å². The van der Waals surface area contributed by atoms with Gasteiger partial charge in [-0.25, -0.2) is 0 Å². The smallest absolute Gasteiger partial charge is 0.270 e. The van der Waals surface area contributed by atoms with E-state index >= 15 is 0 Å². The van der Waals surface area contributed by atoms with Gasteiger partial charge in [-0.2, -0.15) is 0 Å². The molecule has 2 rings (SSSR count). The Labute approximate surface area is 122 Å². The van der Waals surface area contributed by atoms with E-state index in [1.54, 1.807) is 7.05 Å². The van der Waals surface area contributed by atoms with Crippen LogP contribution >= 0.6 is 0 Å². The fraction of sp³-hybridized carbons (Fsp3) is 0.500. The Bertz CT molecular complexity index is 527. The van der Waals surface area contributed by atoms with Gasteiger partial charge >= 0.3 is 0 Å². The van der Waals surface area contributed by atoms with E-state index in [9.17, 15) is 14.9 Å². The van der Waals surface area contributed by atoms with Crippen molar-refractivity contribution >= 4 is 17.3 Å². The molecular weight excluding hydrogens is 274 g/mol. The van der Waals surface area contributed by atoms with E-state index in [1.165, 1.54) is 18.2 Å². The van der Waals surface area contributed by atoms with Crippen molar-refractivity contribution in [1.82, 2.24) is 5.32 Å². The number of hydrogen-bond acceptors (Lipinski definition) is 5. The predicted molar refractivity (Wildman–Crippen MR) is 78.6 cm³/mol. The van der Waals surface area contributed by atoms with Crippen molar-refractivity contribution in [3.8, 4) is 0 Å². The number of nitro benzene ring substituents is 1. The quantitative estimate of drug-likeness (QED) is 0.639. The SMILES string of the molecule is CNc1ccc([N+](=O)[O-])cc1C(=O)NCC1CCCCO1. The molecule has 1 amide bonds. The molecule has 1 heterocycles. The lowest BCUT2D eigenvalue weighted by Crippen LogP contribution is -2.35. The third-order valence-electron chi connectivity index (χ3n) is 3.49. The summed E-state index contributed by atoms with van der Waals surface area (Å²) >= 11 is 0. The van der Waals surface area contributed by atoms with Crippen molar-refractivity contribution in [2.24, 2.45) is 0 Å². The highest BCUT2D eigenvalue weighted by atomic mass is 16.6. The van der Waals surface area contributed by atoms with Crippen LogP contribution in [0, 0.1) is 10.1 Å². The van der Waals surface area contributed by atoms with Crippen LogP contribution in [0.1, 0.15) is 29.6 Å². The van der Waals surface area contributed by atoms with Gasteiger partial charge in [0, 0.05) is 38.0 Å². The minimum absolute atomic E-state index is 0.0273. The summed E-state index contributed by atoms with van der Waals surface area (Å²) in [5.74, 6) is -0.336. The molecule has 0 radical (unpaired) electrons. The van der Waals surface area contributed by atoms with E-state index < -0.39 is 4.92 Å². The maximum Gasteiger partial charge on any atom is 0.270 e. The molecular formula is C14H19N3O4. The molecule has 1 saturated heterocycles. The fourth-order valence-electron chi connectivity index (χ4n) is 2.32. The number of nitrogens with one attached hydrogen (secondary N) is 2. The van der Waals surface area contributed by atoms with Gasteiger partial charge in [0.2, 0.25) is 0 Å². The van der Waals surface area contributed by atoms with Gasteiger partial charge in [-0.3, -0.25) is 14.9 Å². The molecule has 114 valence electrons. The van der Waals surface area contributed by atoms with Crippen molar-refractivity contribution in [3.05, 3.63) is 33.9 Å². The second kappa shape index (κ2) is 7.03. The first kappa shape index (κ1) is 15.2. The highest BCUT2D eigenvalue weighted by molar-refractivity contribution is 6.00. The van der Waals surface area contributed by atoms with E-state index in [1.807, 2.05) is 0 Å². The maximum atomic E-state index is 12.2. The van der Waals surface area contributed by atoms with Gasteiger partial charge in [-0.05, 0) is 25.3 Å². The van der Waals surface area contributed by atoms with Crippen LogP contribution in [0.2, 0.25) is 0 Å². The molecule has 0 aromatic heterocycles. The number of hydrogen-bond donors (Lipinski definition) is 2. The average molecular weight is 293 g/mol. The van der Waals surface area contributed by atoms with E-state index in [0.717, 1.165) is 25.9 Å². The Kier molecular flexibility index (Phi) is 5.10. The fourth-order valence-corrected chi connectivity index (χ4v) is 2.32. The summed E-state index contributed by atoms with van der Waals surface area (Å²) < 4.78 is 5.54. The van der Waals surface area contributed by atoms with Crippen molar-refractivity contribution in [3.63, 3.8) is 0 Å². The molecule has 1 atom stereocenters. The molecule has 21 heavy (non-hydrogen) atoms. The molecule has 2 N–H and O–H groups in total. The number of rotatable bonds is 5. The molecule has 7 heteroatoms. The van der Waals surface area contributed by atoms with Crippen LogP contribution < -0.4 is 10.6 Å². The summed E-state index contributed by atoms with van der Waals surface area (Å²) in [6.45, 7) is 1.14. The summed E-state index contributed by atoms with van der Waals surface area (Å²) in [6, 6.07) is 4.18. The third-order valence-corrected chi connectivity index (χ3v) is 3.49. The summed E-state index contributed by atoms with van der Waals surface area (Å²) in [7, 11) is 1.67. The monoisotopic (exact) mass is 293 g/mol. The van der Waals surface area contributed by atoms with Gasteiger partial charge in [-0.1, -0.05) is 0 Å². The molecule has 0 spiro atoms. The minimum atomic E-state index is -0.513. The molecule has 1 fully saturated rings. The first-order valence-corrected chi connectivity index (χ1v) is 6.98. The Morgan fingerprint density at radius 3 is 2.90 bits per heavy atom. The topological polar surface area (TPSA) is 93.5 Å². The van der Waals surface area contributed by atoms with Crippen LogP contribution in [0.25, 0.3) is 0 Å². The molecule has 0 aliphatic carbocycles. The Morgan fingerprint density at radius 2 is 2.29 bits per heavy atom. The Balaban J connectivity index is 2.06. The van der Waals surface area contributed by atoms with E-state index in [0.29, 0.717) is 12.2 Å². The predicted octanol–water partition coefficient (Wildman–Crippen LogP) is 1.94. The van der Waals surface area contributed by atoms with Gasteiger partial charge < -0.3 is 15.4 Å². The zero-order chi connectivity index (χ0) is 15.2. The standard InChI is InChI=1S/C14H19N3O4/c1-15-13-6-5-10(17(19)20)8-12(13)14(18)16-9-11-4-2-3-7-21-11/h5-6,8,11,15H,2-4,7,9H2,1H3,(H,16,18). The number of amides is 1. The number of nitro groups is 1. The highest BCUT2D eigenvalue weighted by Gasteiger charge is 2.19. The Hall–Kier alpha value is -2.15. The largest absolute Gasteiger partial charge is 0.387 e. The summed E-state index contributed by atoms with van der Waals surface area (Å²) in [6.07, 6.45) is 3.10. The van der Waals surface area contributed by atoms with E-state index in [-0.39, 0.29) is 23.3 Å². The number of anilines is 1. The molecule has 0 bridgehead atoms. The van der Waals surface area contributed by atoms with Gasteiger partial charge in [0.05, 0.1) is 16.6 Å². The van der Waals surface area contributed by atoms with Gasteiger partial charge in [-0.15, -0.1) is 0 Å². The maximum absolute atomic E-state index is 12.2. The van der Waals surface area contributed by atoms with Gasteiger partial charge in [0.25, 0.3) is 11.6 Å². The number of non-ortho nitro benzene ring substituents is 1. The number of ether oxygens (including phenoxy) is 1. The molecule has 1 aliphatic rings. The lowest BCUT2D eigenvalue weighted by Gasteiger charge is -2.22. The van der Waals surface area contributed by atoms with Gasteiger partial charge in [0.1, 0.15) is 0 Å². The normalized spacial score (nSPS) is 18.0. The molecule has 1 aliphatic heterocycles. The zero-order valence-corrected chi connectivity index (χ0v) is 11.9. The van der Waals surface area contributed by atoms with Crippen molar-refractivity contribution < 1.29 is 14.5 Å². The highest BCUT2D eigenvalue weighted by Crippen LogP contribution is 2.22. The minimum Gasteiger partial charge on any atom is -0.387 e. The molecule has 1 unspecified atom stereocenters. The first-order valence-electron chi connectivity index (χ1n) is 6.98. The van der Waals surface area contributed by atoms with Crippen LogP contribution in [-0.2, 0) is 4.74 Å². The number of carbonyl (C=O) groups excluding carboxylic acids is 1. The van der Waals surface area contributed by atoms with Crippen LogP contribution in [0.3, 0.4) is 0 Å². The number of benzene rings is 1. The van der Waals surface area contributed by atoms with Crippen LogP contribution in [-0.4, -0.2) is 37.1 Å². The lowest BCUT2D eigenvalue weighted by molar-refractivity contribution is -0.384. The summed E-state index contributed by atoms with van der Waals surface area (Å²) in [4.78, 5) is 22.5. The van der Waals surface area contributed by atoms with Crippen LogP contribution in [0.15, 0.2) is 18.2 Å². The van der Waals surface area contributed by atoms with Crippen LogP contribution in [0.5, 0.6) is 0 Å². The zero-order valence-electron chi connectivity index (χ0n) is 11.9. The second-order valence-corrected chi connectivity index (χ2v) is 4.94. The number of nitrogens with zero attached hydrogens (tertiary/aromatic N) is 1. The number of carbonyl (C=O) groups is 1. The molecule has 1 aromatic carbocycles. The molecule has 7 nitrogen and oxygen atoms in total. The summed E-state index contributed by atoms with van der Waals surface area (Å²) in [5.41, 5.74) is 0.721. The summed E-state index contributed by atoms with van der Waals surface area (Å²) in [5, 5.41) is 16.5. The molecule has 0 saturated carbocycles. The van der Waals surface area contributed by atoms with Crippen molar-refractivity contribution in [2.75, 3.05) is 25.5 Å². The second-order valence-electron chi connectivity index (χ2n) is 4.94. The van der Waals surface area contributed by atoms with E-state index in [4.69, 9.17) is 4.74 Å². The lowest BCUT2D eigenvalue weighted by atomic mass is 10.1. The van der Waals surface area contributed by atoms with Crippen LogP contribution in [0.4, 0.5) is 11.4 Å². The Morgan fingerprint density at radius 1 is 1.48 bits per heavy atom. The van der Waals surface area contributed by atoms with E-state index in [2.05, 4.69) is 10.6 Å².